The van der Waals surface area contributed by atoms with Crippen LogP contribution in [0.3, 0.4) is 0 Å². The second-order valence-corrected chi connectivity index (χ2v) is 8.52. The van der Waals surface area contributed by atoms with Gasteiger partial charge in [0.1, 0.15) is 0 Å². The predicted octanol–water partition coefficient (Wildman–Crippen LogP) is 4.76. The van der Waals surface area contributed by atoms with E-state index in [2.05, 4.69) is 61.5 Å². The van der Waals surface area contributed by atoms with Crippen molar-refractivity contribution < 1.29 is 9.53 Å². The Morgan fingerprint density at radius 2 is 1.89 bits per heavy atom. The molecule has 3 aromatic rings. The van der Waals surface area contributed by atoms with E-state index in [1.54, 1.807) is 18.4 Å². The molecule has 0 saturated carbocycles. The number of thiazole rings is 1. The molecule has 1 amide bonds. The lowest BCUT2D eigenvalue weighted by atomic mass is 10.0. The Kier molecular flexibility index (Phi) is 6.47. The van der Waals surface area contributed by atoms with Crippen LogP contribution < -0.4 is 4.80 Å². The molecule has 28 heavy (non-hydrogen) atoms. The molecule has 0 aliphatic heterocycles. The Hall–Kier alpha value is -2.24. The highest BCUT2D eigenvalue weighted by Crippen LogP contribution is 2.23. The highest BCUT2D eigenvalue weighted by molar-refractivity contribution is 7.16. The molecule has 5 heteroatoms. The maximum absolute atomic E-state index is 12.7. The number of carbonyl (C=O) groups is 1. The van der Waals surface area contributed by atoms with Crippen LogP contribution in [0.1, 0.15) is 42.0 Å². The molecule has 1 aromatic heterocycles. The molecule has 0 aliphatic rings. The predicted molar refractivity (Wildman–Crippen MR) is 116 cm³/mol. The standard InChI is InChI=1S/C23H28N2O2S/c1-15(2)19-8-6-18(7-9-19)14-21(26)24-23-25(10-11-27-5)20-13-16(3)12-17(4)22(20)28-23/h6-9,12-13,15H,10-11,14H2,1-5H3. The average Bonchev–Trinajstić information content (AvgIpc) is 2.97. The Morgan fingerprint density at radius 1 is 1.18 bits per heavy atom. The molecule has 0 spiro atoms. The molecule has 0 unspecified atom stereocenters. The van der Waals surface area contributed by atoms with Crippen LogP contribution >= 0.6 is 11.3 Å². The first-order valence-corrected chi connectivity index (χ1v) is 10.5. The van der Waals surface area contributed by atoms with Gasteiger partial charge in [-0.3, -0.25) is 4.79 Å². The van der Waals surface area contributed by atoms with E-state index in [-0.39, 0.29) is 5.91 Å². The second kappa shape index (κ2) is 8.84. The van der Waals surface area contributed by atoms with Crippen molar-refractivity contribution in [1.29, 1.82) is 0 Å². The van der Waals surface area contributed by atoms with E-state index in [0.29, 0.717) is 25.5 Å². The average molecular weight is 397 g/mol. The van der Waals surface area contributed by atoms with E-state index in [4.69, 9.17) is 4.74 Å². The molecule has 0 fully saturated rings. The number of amides is 1. The van der Waals surface area contributed by atoms with Crippen LogP contribution in [-0.4, -0.2) is 24.2 Å². The summed E-state index contributed by atoms with van der Waals surface area (Å²) < 4.78 is 8.54. The minimum atomic E-state index is -0.121. The van der Waals surface area contributed by atoms with Gasteiger partial charge in [-0.1, -0.05) is 55.5 Å². The van der Waals surface area contributed by atoms with E-state index in [1.165, 1.54) is 21.4 Å². The lowest BCUT2D eigenvalue weighted by Gasteiger charge is -2.06. The van der Waals surface area contributed by atoms with Gasteiger partial charge in [0, 0.05) is 13.7 Å². The summed E-state index contributed by atoms with van der Waals surface area (Å²) in [5.74, 6) is 0.365. The Labute approximate surface area is 170 Å². The molecule has 0 saturated heterocycles. The number of hydrogen-bond acceptors (Lipinski definition) is 3. The number of ether oxygens (including phenoxy) is 1. The minimum absolute atomic E-state index is 0.121. The zero-order chi connectivity index (χ0) is 20.3. The fraction of sp³-hybridized carbons (Fsp3) is 0.391. The number of hydrogen-bond donors (Lipinski definition) is 0. The third kappa shape index (κ3) is 4.59. The summed E-state index contributed by atoms with van der Waals surface area (Å²) in [6.07, 6.45) is 0.314. The number of rotatable bonds is 6. The van der Waals surface area contributed by atoms with Crippen molar-refractivity contribution in [3.05, 3.63) is 63.5 Å². The zero-order valence-corrected chi connectivity index (χ0v) is 18.1. The van der Waals surface area contributed by atoms with E-state index in [9.17, 15) is 4.79 Å². The van der Waals surface area contributed by atoms with Crippen LogP contribution in [-0.2, 0) is 22.5 Å². The molecule has 148 valence electrons. The van der Waals surface area contributed by atoms with Crippen molar-refractivity contribution in [3.8, 4) is 0 Å². The van der Waals surface area contributed by atoms with E-state index >= 15 is 0 Å². The van der Waals surface area contributed by atoms with Gasteiger partial charge in [0.15, 0.2) is 4.80 Å². The Morgan fingerprint density at radius 3 is 2.54 bits per heavy atom. The number of aryl methyl sites for hydroxylation is 2. The number of methoxy groups -OCH3 is 1. The fourth-order valence-corrected chi connectivity index (χ4v) is 4.46. The molecule has 1 heterocycles. The summed E-state index contributed by atoms with van der Waals surface area (Å²) in [4.78, 5) is 17.9. The van der Waals surface area contributed by atoms with Gasteiger partial charge in [0.05, 0.1) is 23.2 Å². The maximum Gasteiger partial charge on any atom is 0.252 e. The van der Waals surface area contributed by atoms with Crippen molar-refractivity contribution >= 4 is 27.5 Å². The first-order chi connectivity index (χ1) is 13.4. The summed E-state index contributed by atoms with van der Waals surface area (Å²) in [7, 11) is 1.69. The second-order valence-electron chi connectivity index (χ2n) is 7.54. The van der Waals surface area contributed by atoms with Gasteiger partial charge in [0.25, 0.3) is 5.91 Å². The monoisotopic (exact) mass is 396 g/mol. The number of carbonyl (C=O) groups excluding carboxylic acids is 1. The summed E-state index contributed by atoms with van der Waals surface area (Å²) >= 11 is 1.57. The van der Waals surface area contributed by atoms with Crippen molar-refractivity contribution in [2.24, 2.45) is 4.99 Å². The zero-order valence-electron chi connectivity index (χ0n) is 17.3. The number of aromatic nitrogens is 1. The lowest BCUT2D eigenvalue weighted by Crippen LogP contribution is -2.19. The van der Waals surface area contributed by atoms with Crippen LogP contribution in [0.5, 0.6) is 0 Å². The molecule has 2 aromatic carbocycles. The number of benzene rings is 2. The van der Waals surface area contributed by atoms with Crippen LogP contribution in [0, 0.1) is 13.8 Å². The largest absolute Gasteiger partial charge is 0.383 e. The van der Waals surface area contributed by atoms with E-state index in [1.807, 2.05) is 12.1 Å². The van der Waals surface area contributed by atoms with Crippen LogP contribution in [0.25, 0.3) is 10.2 Å². The van der Waals surface area contributed by atoms with Crippen molar-refractivity contribution in [2.45, 2.75) is 46.6 Å². The van der Waals surface area contributed by atoms with Crippen molar-refractivity contribution in [2.75, 3.05) is 13.7 Å². The molecular formula is C23H28N2O2S. The van der Waals surface area contributed by atoms with Crippen molar-refractivity contribution in [3.63, 3.8) is 0 Å². The van der Waals surface area contributed by atoms with Gasteiger partial charge in [-0.25, -0.2) is 0 Å². The molecule has 0 atom stereocenters. The fourth-order valence-electron chi connectivity index (χ4n) is 3.34. The van der Waals surface area contributed by atoms with Gasteiger partial charge >= 0.3 is 0 Å². The van der Waals surface area contributed by atoms with E-state index in [0.717, 1.165) is 15.9 Å². The van der Waals surface area contributed by atoms with Gasteiger partial charge in [-0.2, -0.15) is 4.99 Å². The lowest BCUT2D eigenvalue weighted by molar-refractivity contribution is -0.117. The summed E-state index contributed by atoms with van der Waals surface area (Å²) in [6, 6.07) is 12.6. The first kappa shape index (κ1) is 20.5. The molecule has 0 bridgehead atoms. The minimum Gasteiger partial charge on any atom is -0.383 e. The first-order valence-electron chi connectivity index (χ1n) is 9.65. The quantitative estimate of drug-likeness (QED) is 0.603. The molecule has 0 N–H and O–H groups in total. The Balaban J connectivity index is 1.95. The third-order valence-corrected chi connectivity index (χ3v) is 6.08. The van der Waals surface area contributed by atoms with Gasteiger partial charge < -0.3 is 9.30 Å². The molecule has 4 nitrogen and oxygen atoms in total. The van der Waals surface area contributed by atoms with Crippen molar-refractivity contribution in [1.82, 2.24) is 4.57 Å². The maximum atomic E-state index is 12.7. The molecule has 0 aliphatic carbocycles. The topological polar surface area (TPSA) is 43.6 Å². The molecule has 0 radical (unpaired) electrons. The number of fused-ring (bicyclic) bond motifs is 1. The van der Waals surface area contributed by atoms with Crippen LogP contribution in [0.15, 0.2) is 41.4 Å². The highest BCUT2D eigenvalue weighted by Gasteiger charge is 2.11. The highest BCUT2D eigenvalue weighted by atomic mass is 32.1. The molecule has 3 rings (SSSR count). The smallest absolute Gasteiger partial charge is 0.252 e. The SMILES string of the molecule is COCCn1c(=NC(=O)Cc2ccc(C(C)C)cc2)sc2c(C)cc(C)cc21. The summed E-state index contributed by atoms with van der Waals surface area (Å²) in [6.45, 7) is 9.78. The summed E-state index contributed by atoms with van der Waals surface area (Å²) in [5.41, 5.74) is 5.81. The normalized spacial score (nSPS) is 12.3. The van der Waals surface area contributed by atoms with Gasteiger partial charge in [-0.05, 0) is 48.1 Å². The Bertz CT molecular complexity index is 1040. The van der Waals surface area contributed by atoms with E-state index < -0.39 is 0 Å². The van der Waals surface area contributed by atoms with Crippen LogP contribution in [0.4, 0.5) is 0 Å². The van der Waals surface area contributed by atoms with Gasteiger partial charge in [0.2, 0.25) is 0 Å². The van der Waals surface area contributed by atoms with Gasteiger partial charge in [-0.15, -0.1) is 0 Å². The summed E-state index contributed by atoms with van der Waals surface area (Å²) in [5, 5.41) is 0. The third-order valence-electron chi connectivity index (χ3n) is 4.86. The number of nitrogens with zero attached hydrogens (tertiary/aromatic N) is 2. The van der Waals surface area contributed by atoms with Crippen LogP contribution in [0.2, 0.25) is 0 Å². The molecular weight excluding hydrogens is 368 g/mol.